The van der Waals surface area contributed by atoms with E-state index in [4.69, 9.17) is 10.6 Å². The van der Waals surface area contributed by atoms with Crippen LogP contribution >= 0.6 is 11.3 Å². The maximum atomic E-state index is 11.6. The van der Waals surface area contributed by atoms with E-state index in [1.54, 1.807) is 6.20 Å². The van der Waals surface area contributed by atoms with Gasteiger partial charge in [0.15, 0.2) is 0 Å². The fourth-order valence-electron chi connectivity index (χ4n) is 2.07. The lowest BCUT2D eigenvalue weighted by atomic mass is 10.2. The molecular formula is C15H13N3O2S. The second-order valence-electron chi connectivity index (χ2n) is 4.36. The fourth-order valence-corrected chi connectivity index (χ4v) is 2.88. The van der Waals surface area contributed by atoms with Crippen molar-refractivity contribution in [3.63, 3.8) is 0 Å². The predicted molar refractivity (Wildman–Crippen MR) is 82.0 cm³/mol. The normalized spacial score (nSPS) is 10.5. The van der Waals surface area contributed by atoms with E-state index >= 15 is 0 Å². The number of fused-ring (bicyclic) bond motifs is 1. The number of hydrazine groups is 1. The van der Waals surface area contributed by atoms with Crippen LogP contribution in [0.1, 0.15) is 15.2 Å². The van der Waals surface area contributed by atoms with Crippen molar-refractivity contribution >= 4 is 28.1 Å². The molecule has 0 unspecified atom stereocenters. The fraction of sp³-hybridized carbons (Fsp3) is 0.0667. The average molecular weight is 299 g/mol. The largest absolute Gasteiger partial charge is 0.488 e. The van der Waals surface area contributed by atoms with Gasteiger partial charge in [0, 0.05) is 17.1 Å². The lowest BCUT2D eigenvalue weighted by Crippen LogP contribution is -2.30. The van der Waals surface area contributed by atoms with Crippen LogP contribution in [0.3, 0.4) is 0 Å². The van der Waals surface area contributed by atoms with Crippen molar-refractivity contribution in [2.24, 2.45) is 5.84 Å². The molecule has 1 aromatic carbocycles. The van der Waals surface area contributed by atoms with Gasteiger partial charge < -0.3 is 4.74 Å². The molecule has 0 radical (unpaired) electrons. The van der Waals surface area contributed by atoms with Gasteiger partial charge in [0.1, 0.15) is 12.4 Å². The minimum absolute atomic E-state index is 0.303. The van der Waals surface area contributed by atoms with Gasteiger partial charge in [-0.05, 0) is 35.7 Å². The number of carbonyl (C=O) groups is 1. The summed E-state index contributed by atoms with van der Waals surface area (Å²) in [6, 6.07) is 11.4. The number of rotatable bonds is 4. The Labute approximate surface area is 125 Å². The maximum Gasteiger partial charge on any atom is 0.275 e. The van der Waals surface area contributed by atoms with Crippen LogP contribution in [-0.2, 0) is 6.61 Å². The second kappa shape index (κ2) is 5.90. The summed E-state index contributed by atoms with van der Waals surface area (Å²) in [4.78, 5) is 16.5. The number of aromatic nitrogens is 1. The summed E-state index contributed by atoms with van der Waals surface area (Å²) >= 11 is 1.34. The Morgan fingerprint density at radius 3 is 3.05 bits per heavy atom. The number of nitrogens with zero attached hydrogens (tertiary/aromatic N) is 1. The van der Waals surface area contributed by atoms with E-state index in [0.29, 0.717) is 11.5 Å². The van der Waals surface area contributed by atoms with Gasteiger partial charge >= 0.3 is 0 Å². The van der Waals surface area contributed by atoms with Crippen LogP contribution < -0.4 is 16.0 Å². The molecule has 0 bridgehead atoms. The zero-order chi connectivity index (χ0) is 14.7. The molecule has 6 heteroatoms. The molecule has 106 valence electrons. The van der Waals surface area contributed by atoms with E-state index in [1.807, 2.05) is 41.8 Å². The van der Waals surface area contributed by atoms with Crippen molar-refractivity contribution in [1.82, 2.24) is 10.4 Å². The lowest BCUT2D eigenvalue weighted by Gasteiger charge is -2.09. The first-order chi connectivity index (χ1) is 10.3. The predicted octanol–water partition coefficient (Wildman–Crippen LogP) is 2.48. The highest BCUT2D eigenvalue weighted by atomic mass is 32.1. The van der Waals surface area contributed by atoms with Crippen LogP contribution in [0, 0.1) is 0 Å². The summed E-state index contributed by atoms with van der Waals surface area (Å²) in [5.74, 6) is 5.61. The highest BCUT2D eigenvalue weighted by molar-refractivity contribution is 7.12. The number of nitrogens with two attached hydrogens (primary N) is 1. The van der Waals surface area contributed by atoms with E-state index in [-0.39, 0.29) is 5.91 Å². The molecule has 0 aliphatic carbocycles. The SMILES string of the molecule is NNC(=O)c1sccc1COc1cccc2ncccc12. The molecule has 0 fully saturated rings. The third-order valence-corrected chi connectivity index (χ3v) is 4.03. The molecule has 1 amide bonds. The van der Waals surface area contributed by atoms with Crippen molar-refractivity contribution in [3.05, 3.63) is 58.4 Å². The van der Waals surface area contributed by atoms with E-state index in [1.165, 1.54) is 11.3 Å². The van der Waals surface area contributed by atoms with Gasteiger partial charge in [-0.3, -0.25) is 15.2 Å². The lowest BCUT2D eigenvalue weighted by molar-refractivity contribution is 0.0955. The first-order valence-corrected chi connectivity index (χ1v) is 7.21. The number of hydrogen-bond donors (Lipinski definition) is 2. The van der Waals surface area contributed by atoms with E-state index in [2.05, 4.69) is 10.4 Å². The van der Waals surface area contributed by atoms with Gasteiger partial charge in [0.2, 0.25) is 0 Å². The number of benzene rings is 1. The van der Waals surface area contributed by atoms with Gasteiger partial charge in [-0.25, -0.2) is 5.84 Å². The highest BCUT2D eigenvalue weighted by Gasteiger charge is 2.12. The van der Waals surface area contributed by atoms with Crippen LogP contribution in [0.2, 0.25) is 0 Å². The molecule has 0 aliphatic heterocycles. The van der Waals surface area contributed by atoms with Crippen LogP contribution in [0.25, 0.3) is 10.9 Å². The minimum Gasteiger partial charge on any atom is -0.488 e. The number of ether oxygens (including phenoxy) is 1. The van der Waals surface area contributed by atoms with E-state index in [0.717, 1.165) is 22.2 Å². The first-order valence-electron chi connectivity index (χ1n) is 6.33. The summed E-state index contributed by atoms with van der Waals surface area (Å²) in [6.45, 7) is 0.306. The molecule has 0 atom stereocenters. The van der Waals surface area contributed by atoms with Gasteiger partial charge in [-0.2, -0.15) is 0 Å². The highest BCUT2D eigenvalue weighted by Crippen LogP contribution is 2.25. The van der Waals surface area contributed by atoms with Crippen molar-refractivity contribution in [3.8, 4) is 5.75 Å². The number of pyridine rings is 1. The van der Waals surface area contributed by atoms with Crippen LogP contribution in [0.5, 0.6) is 5.75 Å². The number of carbonyl (C=O) groups excluding carboxylic acids is 1. The molecule has 5 nitrogen and oxygen atoms in total. The maximum absolute atomic E-state index is 11.6. The Morgan fingerprint density at radius 2 is 2.19 bits per heavy atom. The average Bonchev–Trinajstić information content (AvgIpc) is 3.00. The third kappa shape index (κ3) is 2.72. The zero-order valence-electron chi connectivity index (χ0n) is 11.1. The Morgan fingerprint density at radius 1 is 1.29 bits per heavy atom. The summed E-state index contributed by atoms with van der Waals surface area (Å²) in [7, 11) is 0. The Balaban J connectivity index is 1.84. The molecule has 3 rings (SSSR count). The topological polar surface area (TPSA) is 77.2 Å². The molecule has 2 heterocycles. The first kappa shape index (κ1) is 13.5. The van der Waals surface area contributed by atoms with Gasteiger partial charge in [0.05, 0.1) is 10.4 Å². The van der Waals surface area contributed by atoms with Crippen molar-refractivity contribution in [1.29, 1.82) is 0 Å². The van der Waals surface area contributed by atoms with Crippen LogP contribution in [0.4, 0.5) is 0 Å². The summed E-state index contributed by atoms with van der Waals surface area (Å²) in [6.07, 6.45) is 1.74. The van der Waals surface area contributed by atoms with Gasteiger partial charge in [-0.1, -0.05) is 6.07 Å². The van der Waals surface area contributed by atoms with E-state index < -0.39 is 0 Å². The number of nitrogens with one attached hydrogen (secondary N) is 1. The van der Waals surface area contributed by atoms with Crippen molar-refractivity contribution < 1.29 is 9.53 Å². The zero-order valence-corrected chi connectivity index (χ0v) is 11.9. The number of thiophene rings is 1. The molecule has 3 aromatic rings. The minimum atomic E-state index is -0.303. The van der Waals surface area contributed by atoms with E-state index in [9.17, 15) is 4.79 Å². The van der Waals surface area contributed by atoms with Gasteiger partial charge in [0.25, 0.3) is 5.91 Å². The number of hydrogen-bond acceptors (Lipinski definition) is 5. The molecule has 21 heavy (non-hydrogen) atoms. The second-order valence-corrected chi connectivity index (χ2v) is 5.28. The Bertz CT molecular complexity index is 780. The summed E-state index contributed by atoms with van der Waals surface area (Å²) in [5, 5.41) is 2.79. The number of nitrogen functional groups attached to an aromatic ring is 1. The monoisotopic (exact) mass is 299 g/mol. The Kier molecular flexibility index (Phi) is 3.81. The van der Waals surface area contributed by atoms with Crippen molar-refractivity contribution in [2.75, 3.05) is 0 Å². The Hall–Kier alpha value is -2.44. The quantitative estimate of drug-likeness (QED) is 0.441. The molecule has 0 saturated carbocycles. The smallest absolute Gasteiger partial charge is 0.275 e. The van der Waals surface area contributed by atoms with Crippen LogP contribution in [-0.4, -0.2) is 10.9 Å². The standard InChI is InChI=1S/C15H13N3O2S/c16-18-15(19)14-10(6-8-21-14)9-20-13-5-1-4-12-11(13)3-2-7-17-12/h1-8H,9,16H2,(H,18,19). The molecular weight excluding hydrogens is 286 g/mol. The summed E-state index contributed by atoms with van der Waals surface area (Å²) in [5.41, 5.74) is 3.83. The molecule has 3 N–H and O–H groups in total. The molecule has 0 aliphatic rings. The van der Waals surface area contributed by atoms with Gasteiger partial charge in [-0.15, -0.1) is 11.3 Å². The summed E-state index contributed by atoms with van der Waals surface area (Å²) < 4.78 is 5.84. The van der Waals surface area contributed by atoms with Crippen LogP contribution in [0.15, 0.2) is 48.0 Å². The number of amides is 1. The molecule has 2 aromatic heterocycles. The van der Waals surface area contributed by atoms with Crippen molar-refractivity contribution in [2.45, 2.75) is 6.61 Å². The molecule has 0 saturated heterocycles. The molecule has 0 spiro atoms. The third-order valence-electron chi connectivity index (χ3n) is 3.07.